The Labute approximate surface area is 117 Å². The van der Waals surface area contributed by atoms with E-state index in [1.165, 1.54) is 4.90 Å². The molecule has 1 aromatic heterocycles. The van der Waals surface area contributed by atoms with Gasteiger partial charge >= 0.3 is 0 Å². The molecule has 0 bridgehead atoms. The van der Waals surface area contributed by atoms with Gasteiger partial charge in [-0.3, -0.25) is 0 Å². The molecule has 2 unspecified atom stereocenters. The monoisotopic (exact) mass is 275 g/mol. The minimum Gasteiger partial charge on any atom is -0.339 e. The van der Waals surface area contributed by atoms with Crippen molar-refractivity contribution < 1.29 is 4.52 Å². The quantitative estimate of drug-likeness (QED) is 0.873. The van der Waals surface area contributed by atoms with E-state index in [9.17, 15) is 0 Å². The lowest BCUT2D eigenvalue weighted by Crippen LogP contribution is -2.08. The third-order valence-electron chi connectivity index (χ3n) is 3.62. The summed E-state index contributed by atoms with van der Waals surface area (Å²) >= 11 is 1.73. The van der Waals surface area contributed by atoms with E-state index in [1.807, 2.05) is 12.1 Å². The highest BCUT2D eigenvalue weighted by Crippen LogP contribution is 2.28. The van der Waals surface area contributed by atoms with Crippen LogP contribution in [-0.2, 0) is 0 Å². The molecule has 19 heavy (non-hydrogen) atoms. The molecule has 0 radical (unpaired) electrons. The van der Waals surface area contributed by atoms with E-state index in [2.05, 4.69) is 40.8 Å². The summed E-state index contributed by atoms with van der Waals surface area (Å²) in [6.45, 7) is 4.15. The molecule has 0 aliphatic carbocycles. The van der Waals surface area contributed by atoms with Gasteiger partial charge in [-0.1, -0.05) is 12.1 Å². The standard InChI is InChI=1S/C14H17N3OS/c1-9-7-15-8-12(9)14-16-13(17-18-14)10-3-5-11(19-2)6-4-10/h3-6,9,12,15H,7-8H2,1-2H3. The fraction of sp³-hybridized carbons (Fsp3) is 0.429. The minimum atomic E-state index is 0.340. The average molecular weight is 275 g/mol. The third kappa shape index (κ3) is 2.53. The molecule has 1 aromatic carbocycles. The number of hydrogen-bond acceptors (Lipinski definition) is 5. The Bertz CT molecular complexity index is 552. The van der Waals surface area contributed by atoms with Crippen LogP contribution in [-0.4, -0.2) is 29.5 Å². The van der Waals surface area contributed by atoms with E-state index >= 15 is 0 Å². The lowest BCUT2D eigenvalue weighted by atomic mass is 9.98. The maximum atomic E-state index is 5.42. The zero-order valence-corrected chi connectivity index (χ0v) is 11.9. The summed E-state index contributed by atoms with van der Waals surface area (Å²) in [7, 11) is 0. The summed E-state index contributed by atoms with van der Waals surface area (Å²) < 4.78 is 5.42. The van der Waals surface area contributed by atoms with Crippen molar-refractivity contribution in [1.29, 1.82) is 0 Å². The molecule has 1 fully saturated rings. The Morgan fingerprint density at radius 1 is 1.26 bits per heavy atom. The van der Waals surface area contributed by atoms with Gasteiger partial charge in [-0.15, -0.1) is 11.8 Å². The van der Waals surface area contributed by atoms with E-state index in [0.717, 1.165) is 24.5 Å². The largest absolute Gasteiger partial charge is 0.339 e. The predicted molar refractivity (Wildman–Crippen MR) is 76.3 cm³/mol. The van der Waals surface area contributed by atoms with Crippen LogP contribution in [0.15, 0.2) is 33.7 Å². The number of rotatable bonds is 3. The second-order valence-electron chi connectivity index (χ2n) is 4.93. The van der Waals surface area contributed by atoms with Crippen molar-refractivity contribution in [1.82, 2.24) is 15.5 Å². The Kier molecular flexibility index (Phi) is 3.57. The van der Waals surface area contributed by atoms with E-state index < -0.39 is 0 Å². The summed E-state index contributed by atoms with van der Waals surface area (Å²) in [6, 6.07) is 8.24. The number of hydrogen-bond donors (Lipinski definition) is 1. The van der Waals surface area contributed by atoms with Gasteiger partial charge in [-0.25, -0.2) is 0 Å². The van der Waals surface area contributed by atoms with E-state index in [4.69, 9.17) is 4.52 Å². The SMILES string of the molecule is CSc1ccc(-c2noc(C3CNCC3C)n2)cc1. The van der Waals surface area contributed by atoms with Crippen molar-refractivity contribution in [3.63, 3.8) is 0 Å². The molecule has 1 N–H and O–H groups in total. The van der Waals surface area contributed by atoms with E-state index in [-0.39, 0.29) is 0 Å². The fourth-order valence-corrected chi connectivity index (χ4v) is 2.79. The molecule has 0 amide bonds. The van der Waals surface area contributed by atoms with Crippen LogP contribution in [0.25, 0.3) is 11.4 Å². The third-order valence-corrected chi connectivity index (χ3v) is 4.37. The lowest BCUT2D eigenvalue weighted by Gasteiger charge is -2.07. The maximum absolute atomic E-state index is 5.42. The predicted octanol–water partition coefficient (Wildman–Crippen LogP) is 2.78. The van der Waals surface area contributed by atoms with Crippen LogP contribution >= 0.6 is 11.8 Å². The van der Waals surface area contributed by atoms with Gasteiger partial charge in [0, 0.05) is 17.0 Å². The lowest BCUT2D eigenvalue weighted by molar-refractivity contribution is 0.340. The van der Waals surface area contributed by atoms with Gasteiger partial charge in [0.1, 0.15) is 0 Å². The zero-order chi connectivity index (χ0) is 13.2. The topological polar surface area (TPSA) is 51.0 Å². The molecular formula is C14H17N3OS. The molecule has 3 rings (SSSR count). The first-order chi connectivity index (χ1) is 9.28. The first-order valence-corrected chi connectivity index (χ1v) is 7.69. The molecule has 0 spiro atoms. The van der Waals surface area contributed by atoms with E-state index in [1.54, 1.807) is 11.8 Å². The number of nitrogens with one attached hydrogen (secondary N) is 1. The number of aromatic nitrogens is 2. The number of nitrogens with zero attached hydrogens (tertiary/aromatic N) is 2. The molecule has 2 aromatic rings. The van der Waals surface area contributed by atoms with Gasteiger partial charge in [-0.2, -0.15) is 4.98 Å². The van der Waals surface area contributed by atoms with Crippen LogP contribution in [0.2, 0.25) is 0 Å². The maximum Gasteiger partial charge on any atom is 0.231 e. The Balaban J connectivity index is 1.83. The summed E-state index contributed by atoms with van der Waals surface area (Å²) in [4.78, 5) is 5.78. The van der Waals surface area contributed by atoms with Crippen LogP contribution in [0.4, 0.5) is 0 Å². The van der Waals surface area contributed by atoms with Gasteiger partial charge < -0.3 is 9.84 Å². The van der Waals surface area contributed by atoms with Crippen LogP contribution in [0, 0.1) is 5.92 Å². The summed E-state index contributed by atoms with van der Waals surface area (Å²) in [5.74, 6) is 2.32. The van der Waals surface area contributed by atoms with Gasteiger partial charge in [0.25, 0.3) is 0 Å². The number of thioether (sulfide) groups is 1. The van der Waals surface area contributed by atoms with Gasteiger partial charge in [0.05, 0.1) is 5.92 Å². The van der Waals surface area contributed by atoms with Crippen molar-refractivity contribution in [2.45, 2.75) is 17.7 Å². The first kappa shape index (κ1) is 12.7. The van der Waals surface area contributed by atoms with Crippen molar-refractivity contribution in [2.24, 2.45) is 5.92 Å². The molecule has 100 valence electrons. The van der Waals surface area contributed by atoms with Crippen LogP contribution < -0.4 is 5.32 Å². The van der Waals surface area contributed by atoms with Crippen LogP contribution in [0.1, 0.15) is 18.7 Å². The molecule has 1 aliphatic heterocycles. The highest BCUT2D eigenvalue weighted by Gasteiger charge is 2.29. The van der Waals surface area contributed by atoms with Crippen LogP contribution in [0.5, 0.6) is 0 Å². The minimum absolute atomic E-state index is 0.340. The molecule has 5 heteroatoms. The van der Waals surface area contributed by atoms with Gasteiger partial charge in [-0.05, 0) is 43.0 Å². The highest BCUT2D eigenvalue weighted by molar-refractivity contribution is 7.98. The van der Waals surface area contributed by atoms with Crippen molar-refractivity contribution >= 4 is 11.8 Å². The molecule has 1 saturated heterocycles. The first-order valence-electron chi connectivity index (χ1n) is 6.46. The van der Waals surface area contributed by atoms with Crippen molar-refractivity contribution in [2.75, 3.05) is 19.3 Å². The Morgan fingerprint density at radius 3 is 2.68 bits per heavy atom. The van der Waals surface area contributed by atoms with Crippen LogP contribution in [0.3, 0.4) is 0 Å². The van der Waals surface area contributed by atoms with Gasteiger partial charge in [0.15, 0.2) is 0 Å². The summed E-state index contributed by atoms with van der Waals surface area (Å²) in [5.41, 5.74) is 1.01. The molecule has 2 atom stereocenters. The fourth-order valence-electron chi connectivity index (χ4n) is 2.38. The average Bonchev–Trinajstić information content (AvgIpc) is 3.07. The highest BCUT2D eigenvalue weighted by atomic mass is 32.2. The Hall–Kier alpha value is -1.33. The molecular weight excluding hydrogens is 258 g/mol. The number of benzene rings is 1. The second-order valence-corrected chi connectivity index (χ2v) is 5.81. The molecule has 2 heterocycles. The summed E-state index contributed by atoms with van der Waals surface area (Å²) in [5, 5.41) is 7.45. The van der Waals surface area contributed by atoms with Crippen molar-refractivity contribution in [3.05, 3.63) is 30.2 Å². The normalized spacial score (nSPS) is 22.8. The molecule has 1 aliphatic rings. The molecule has 0 saturated carbocycles. The second kappa shape index (κ2) is 5.35. The van der Waals surface area contributed by atoms with Crippen molar-refractivity contribution in [3.8, 4) is 11.4 Å². The molecule has 4 nitrogen and oxygen atoms in total. The Morgan fingerprint density at radius 2 is 2.05 bits per heavy atom. The van der Waals surface area contributed by atoms with E-state index in [0.29, 0.717) is 17.7 Å². The summed E-state index contributed by atoms with van der Waals surface area (Å²) in [6.07, 6.45) is 2.07. The zero-order valence-electron chi connectivity index (χ0n) is 11.1. The van der Waals surface area contributed by atoms with Gasteiger partial charge in [0.2, 0.25) is 11.7 Å². The smallest absolute Gasteiger partial charge is 0.231 e.